The zero-order chi connectivity index (χ0) is 29.4. The molecule has 1 aliphatic heterocycles. The summed E-state index contributed by atoms with van der Waals surface area (Å²) >= 11 is 0. The second-order valence-electron chi connectivity index (χ2n) is 9.69. The first-order valence-electron chi connectivity index (χ1n) is 13.0. The average molecular weight is 562 g/mol. The van der Waals surface area contributed by atoms with Crippen LogP contribution in [-0.4, -0.2) is 40.8 Å². The second-order valence-corrected chi connectivity index (χ2v) is 9.69. The largest absolute Gasteiger partial charge is 0.493 e. The number of hydrogen-bond donors (Lipinski definition) is 0. The third-order valence-electron chi connectivity index (χ3n) is 7.09. The monoisotopic (exact) mass is 561 g/mol. The van der Waals surface area contributed by atoms with Gasteiger partial charge in [0.2, 0.25) is 0 Å². The van der Waals surface area contributed by atoms with Gasteiger partial charge in [-0.25, -0.2) is 13.6 Å². The number of halogens is 2. The Hall–Kier alpha value is -4.80. The van der Waals surface area contributed by atoms with Gasteiger partial charge in [0.15, 0.2) is 28.9 Å². The van der Waals surface area contributed by atoms with Crippen molar-refractivity contribution < 1.29 is 27.8 Å². The summed E-state index contributed by atoms with van der Waals surface area (Å²) < 4.78 is 42.9. The molecule has 0 saturated heterocycles. The highest BCUT2D eigenvalue weighted by Gasteiger charge is 2.37. The number of urea groups is 1. The third kappa shape index (κ3) is 4.99. The van der Waals surface area contributed by atoms with Gasteiger partial charge in [-0.1, -0.05) is 31.2 Å². The fraction of sp³-hybridized carbons (Fsp3) is 0.267. The van der Waals surface area contributed by atoms with E-state index in [-0.39, 0.29) is 30.4 Å². The smallest absolute Gasteiger partial charge is 0.329 e. The molecular formula is C30H29F2N5O4. The molecule has 0 unspecified atom stereocenters. The van der Waals surface area contributed by atoms with Crippen molar-refractivity contribution in [2.75, 3.05) is 24.0 Å². The zero-order valence-corrected chi connectivity index (χ0v) is 23.4. The Labute approximate surface area is 235 Å². The number of ether oxygens (including phenoxy) is 2. The minimum Gasteiger partial charge on any atom is -0.493 e. The van der Waals surface area contributed by atoms with Gasteiger partial charge in [0.25, 0.3) is 0 Å². The van der Waals surface area contributed by atoms with E-state index in [1.165, 1.54) is 19.1 Å². The molecule has 0 fully saturated rings. The van der Waals surface area contributed by atoms with Crippen molar-refractivity contribution in [1.29, 1.82) is 0 Å². The van der Waals surface area contributed by atoms with E-state index in [4.69, 9.17) is 9.47 Å². The van der Waals surface area contributed by atoms with E-state index in [2.05, 4.69) is 10.1 Å². The minimum absolute atomic E-state index is 0.00241. The fourth-order valence-corrected chi connectivity index (χ4v) is 4.95. The lowest BCUT2D eigenvalue weighted by Gasteiger charge is -2.37. The Bertz CT molecular complexity index is 1620. The summed E-state index contributed by atoms with van der Waals surface area (Å²) in [5, 5.41) is 4.39. The van der Waals surface area contributed by atoms with Gasteiger partial charge in [-0.15, -0.1) is 0 Å². The molecule has 0 aliphatic carbocycles. The number of carbonyl (C=O) groups is 2. The number of carbonyl (C=O) groups excluding carboxylic acids is 2. The van der Waals surface area contributed by atoms with Crippen LogP contribution in [0.5, 0.6) is 11.5 Å². The first kappa shape index (κ1) is 27.8. The van der Waals surface area contributed by atoms with E-state index >= 15 is 8.78 Å². The number of Topliss-reactive ketones (excluding diaryl/α,β-unsaturated/α-hetero) is 1. The molecule has 2 aromatic carbocycles. The van der Waals surface area contributed by atoms with E-state index in [9.17, 15) is 9.59 Å². The van der Waals surface area contributed by atoms with Crippen LogP contribution in [0.3, 0.4) is 0 Å². The van der Waals surface area contributed by atoms with Gasteiger partial charge in [0.05, 0.1) is 44.4 Å². The Kier molecular flexibility index (Phi) is 7.44. The van der Waals surface area contributed by atoms with Crippen LogP contribution in [0.25, 0.3) is 11.3 Å². The lowest BCUT2D eigenvalue weighted by molar-refractivity contribution is 0.0988. The number of amides is 2. The molecule has 0 atom stereocenters. The van der Waals surface area contributed by atoms with E-state index in [0.717, 1.165) is 27.8 Å². The molecule has 212 valence electrons. The Balaban J connectivity index is 1.64. The van der Waals surface area contributed by atoms with Gasteiger partial charge in [-0.3, -0.25) is 24.3 Å². The standard InChI is InChI=1S/C30H29F2N5O4/c1-6-24(38)19-9-7-18(8-10-19)14-36-23-11-22(21-16-35(3)34-17(21)2)33-13-20(23)15-37(30(36)39)29-27(31)25(40-4)12-26(41-5)28(29)32/h7-13,16H,6,14-15H2,1-5H3. The summed E-state index contributed by atoms with van der Waals surface area (Å²) in [6.45, 7) is 3.58. The number of fused-ring (bicyclic) bond motifs is 1. The van der Waals surface area contributed by atoms with Crippen molar-refractivity contribution in [2.24, 2.45) is 7.05 Å². The second kappa shape index (κ2) is 11.0. The van der Waals surface area contributed by atoms with Crippen LogP contribution in [-0.2, 0) is 20.1 Å². The van der Waals surface area contributed by atoms with Crippen molar-refractivity contribution in [2.45, 2.75) is 33.4 Å². The molecule has 2 amide bonds. The normalized spacial score (nSPS) is 12.9. The number of aromatic nitrogens is 3. The number of rotatable bonds is 8. The van der Waals surface area contributed by atoms with E-state index in [1.54, 1.807) is 55.2 Å². The van der Waals surface area contributed by atoms with Crippen LogP contribution in [0, 0.1) is 18.6 Å². The molecule has 0 bridgehead atoms. The highest BCUT2D eigenvalue weighted by molar-refractivity contribution is 6.06. The average Bonchev–Trinajstić information content (AvgIpc) is 3.32. The molecule has 1 aliphatic rings. The number of benzene rings is 2. The molecule has 5 rings (SSSR count). The Morgan fingerprint density at radius 3 is 2.27 bits per heavy atom. The first-order valence-corrected chi connectivity index (χ1v) is 13.0. The number of anilines is 2. The Morgan fingerprint density at radius 2 is 1.71 bits per heavy atom. The predicted molar refractivity (Wildman–Crippen MR) is 149 cm³/mol. The quantitative estimate of drug-likeness (QED) is 0.252. The maximum absolute atomic E-state index is 15.5. The van der Waals surface area contributed by atoms with Gasteiger partial charge in [0.1, 0.15) is 5.69 Å². The lowest BCUT2D eigenvalue weighted by atomic mass is 10.0. The predicted octanol–water partition coefficient (Wildman–Crippen LogP) is 5.83. The number of hydrogen-bond acceptors (Lipinski definition) is 6. The number of methoxy groups -OCH3 is 2. The van der Waals surface area contributed by atoms with Crippen LogP contribution >= 0.6 is 0 Å². The molecule has 0 spiro atoms. The maximum atomic E-state index is 15.5. The molecule has 0 saturated carbocycles. The zero-order valence-electron chi connectivity index (χ0n) is 23.4. The molecule has 3 heterocycles. The summed E-state index contributed by atoms with van der Waals surface area (Å²) in [4.78, 5) is 33.3. The molecule has 11 heteroatoms. The molecule has 4 aromatic rings. The molecule has 2 aromatic heterocycles. The first-order chi connectivity index (χ1) is 19.7. The van der Waals surface area contributed by atoms with Crippen molar-refractivity contribution in [3.8, 4) is 22.8 Å². The van der Waals surface area contributed by atoms with Gasteiger partial charge in [-0.05, 0) is 18.6 Å². The number of ketones is 1. The summed E-state index contributed by atoms with van der Waals surface area (Å²) in [7, 11) is 4.30. The van der Waals surface area contributed by atoms with Crippen molar-refractivity contribution in [3.05, 3.63) is 82.8 Å². The molecule has 0 radical (unpaired) electrons. The SMILES string of the molecule is CCC(=O)c1ccc(CN2C(=O)N(c3c(F)c(OC)cc(OC)c3F)Cc3cnc(-c4cn(C)nc4C)cc32)cc1. The summed E-state index contributed by atoms with van der Waals surface area (Å²) in [5.74, 6) is -2.58. The molecule has 0 N–H and O–H groups in total. The summed E-state index contributed by atoms with van der Waals surface area (Å²) in [5.41, 5.74) is 3.98. The maximum Gasteiger partial charge on any atom is 0.329 e. The Morgan fingerprint density at radius 1 is 1.05 bits per heavy atom. The van der Waals surface area contributed by atoms with Crippen LogP contribution in [0.4, 0.5) is 25.0 Å². The fourth-order valence-electron chi connectivity index (χ4n) is 4.95. The van der Waals surface area contributed by atoms with Crippen molar-refractivity contribution in [3.63, 3.8) is 0 Å². The van der Waals surface area contributed by atoms with E-state index in [1.807, 2.05) is 13.1 Å². The van der Waals surface area contributed by atoms with Gasteiger partial charge < -0.3 is 9.47 Å². The van der Waals surface area contributed by atoms with Crippen LogP contribution < -0.4 is 19.3 Å². The van der Waals surface area contributed by atoms with Gasteiger partial charge >= 0.3 is 6.03 Å². The van der Waals surface area contributed by atoms with E-state index < -0.39 is 23.4 Å². The number of nitrogens with zero attached hydrogens (tertiary/aromatic N) is 5. The van der Waals surface area contributed by atoms with E-state index in [0.29, 0.717) is 28.9 Å². The molecular weight excluding hydrogens is 532 g/mol. The topological polar surface area (TPSA) is 89.8 Å². The van der Waals surface area contributed by atoms with Crippen LogP contribution in [0.2, 0.25) is 0 Å². The van der Waals surface area contributed by atoms with Crippen LogP contribution in [0.15, 0.2) is 48.8 Å². The molecule has 41 heavy (non-hydrogen) atoms. The summed E-state index contributed by atoms with van der Waals surface area (Å²) in [6.07, 6.45) is 3.80. The van der Waals surface area contributed by atoms with Crippen molar-refractivity contribution in [1.82, 2.24) is 14.8 Å². The third-order valence-corrected chi connectivity index (χ3v) is 7.09. The minimum atomic E-state index is -1.03. The molecule has 9 nitrogen and oxygen atoms in total. The van der Waals surface area contributed by atoms with Crippen LogP contribution in [0.1, 0.15) is 40.5 Å². The summed E-state index contributed by atoms with van der Waals surface area (Å²) in [6, 6.07) is 9.16. The van der Waals surface area contributed by atoms with Crippen molar-refractivity contribution >= 4 is 23.2 Å². The number of aryl methyl sites for hydroxylation is 2. The van der Waals surface area contributed by atoms with Gasteiger partial charge in [0, 0.05) is 48.6 Å². The highest BCUT2D eigenvalue weighted by Crippen LogP contribution is 2.42. The lowest BCUT2D eigenvalue weighted by Crippen LogP contribution is -2.47. The number of pyridine rings is 1. The van der Waals surface area contributed by atoms with Gasteiger partial charge in [-0.2, -0.15) is 5.10 Å². The highest BCUT2D eigenvalue weighted by atomic mass is 19.1.